The Morgan fingerprint density at radius 2 is 2.00 bits per heavy atom. The molecule has 1 spiro atoms. The number of amides is 1. The summed E-state index contributed by atoms with van der Waals surface area (Å²) in [5.74, 6) is 6.16. The molecule has 9 nitrogen and oxygen atoms in total. The second-order valence-corrected chi connectivity index (χ2v) is 18.4. The molecule has 11 heteroatoms. The maximum absolute atomic E-state index is 14.0. The Bertz CT molecular complexity index is 1960. The van der Waals surface area contributed by atoms with Gasteiger partial charge in [0.15, 0.2) is 5.89 Å². The fraction of sp³-hybridized carbons (Fsp3) is 0.537. The summed E-state index contributed by atoms with van der Waals surface area (Å²) < 4.78 is 41.7. The van der Waals surface area contributed by atoms with Gasteiger partial charge in [0.2, 0.25) is 0 Å². The maximum atomic E-state index is 14.0. The fourth-order valence-electron chi connectivity index (χ4n) is 9.00. The fourth-order valence-corrected chi connectivity index (χ4v) is 10.7. The third-order valence-corrected chi connectivity index (χ3v) is 14.8. The largest absolute Gasteiger partial charge is 0.490 e. The van der Waals surface area contributed by atoms with Crippen LogP contribution in [0.5, 0.6) is 5.75 Å². The number of benzene rings is 2. The molecule has 0 radical (unpaired) electrons. The summed E-state index contributed by atoms with van der Waals surface area (Å²) in [6.07, 6.45) is 10.5. The van der Waals surface area contributed by atoms with E-state index < -0.39 is 21.2 Å². The smallest absolute Gasteiger partial charge is 0.262 e. The number of hydrogen-bond donors (Lipinski definition) is 1. The Labute approximate surface area is 313 Å². The minimum Gasteiger partial charge on any atom is -0.490 e. The van der Waals surface area contributed by atoms with Crippen molar-refractivity contribution in [3.05, 3.63) is 87.6 Å². The summed E-state index contributed by atoms with van der Waals surface area (Å²) in [6.45, 7) is 8.23. The number of fused-ring (bicyclic) bond motifs is 4. The van der Waals surface area contributed by atoms with Gasteiger partial charge in [0.1, 0.15) is 17.2 Å². The van der Waals surface area contributed by atoms with Gasteiger partial charge in [-0.25, -0.2) is 9.19 Å². The zero-order chi connectivity index (χ0) is 36.8. The van der Waals surface area contributed by atoms with Crippen LogP contribution in [0, 0.1) is 24.7 Å². The molecule has 7 rings (SSSR count). The number of anilines is 1. The number of carbonyl (C=O) groups is 1. The molecule has 3 aromatic rings. The van der Waals surface area contributed by atoms with Gasteiger partial charge < -0.3 is 23.5 Å². The summed E-state index contributed by atoms with van der Waals surface area (Å²) in [7, 11) is 0.452. The van der Waals surface area contributed by atoms with Crippen molar-refractivity contribution < 1.29 is 27.6 Å². The molecule has 0 saturated heterocycles. The number of carbonyl (C=O) groups excluding carboxylic acids is 1. The van der Waals surface area contributed by atoms with Gasteiger partial charge in [-0.1, -0.05) is 36.7 Å². The molecule has 4 aliphatic rings. The second-order valence-electron chi connectivity index (χ2n) is 15.6. The van der Waals surface area contributed by atoms with Crippen molar-refractivity contribution in [2.24, 2.45) is 17.8 Å². The van der Waals surface area contributed by atoms with Gasteiger partial charge in [0, 0.05) is 48.6 Å². The number of aryl methyl sites for hydroxylation is 2. The summed E-state index contributed by atoms with van der Waals surface area (Å²) in [5.41, 5.74) is 3.69. The van der Waals surface area contributed by atoms with Crippen LogP contribution in [-0.2, 0) is 44.0 Å². The van der Waals surface area contributed by atoms with Crippen molar-refractivity contribution in [3.63, 3.8) is 0 Å². The van der Waals surface area contributed by atoms with Crippen molar-refractivity contribution >= 4 is 38.8 Å². The molecule has 7 atom stereocenters. The van der Waals surface area contributed by atoms with Crippen LogP contribution in [0.25, 0.3) is 0 Å². The average molecular weight is 750 g/mol. The van der Waals surface area contributed by atoms with E-state index >= 15 is 0 Å². The van der Waals surface area contributed by atoms with Crippen LogP contribution in [0.1, 0.15) is 84.8 Å². The minimum atomic E-state index is -2.99. The van der Waals surface area contributed by atoms with Gasteiger partial charge >= 0.3 is 0 Å². The third-order valence-electron chi connectivity index (χ3n) is 12.4. The number of halogens is 1. The van der Waals surface area contributed by atoms with Crippen LogP contribution in [-0.4, -0.2) is 65.7 Å². The molecular weight excluding hydrogens is 698 g/mol. The van der Waals surface area contributed by atoms with Crippen molar-refractivity contribution in [1.82, 2.24) is 9.71 Å². The highest BCUT2D eigenvalue weighted by molar-refractivity contribution is 7.99. The van der Waals surface area contributed by atoms with Crippen molar-refractivity contribution in [2.45, 2.75) is 88.6 Å². The zero-order valence-electron chi connectivity index (χ0n) is 31.0. The van der Waals surface area contributed by atoms with E-state index in [0.717, 1.165) is 73.1 Å². The predicted octanol–water partition coefficient (Wildman–Crippen LogP) is 7.26. The Hall–Kier alpha value is -3.31. The van der Waals surface area contributed by atoms with E-state index in [1.165, 1.54) is 11.1 Å². The highest BCUT2D eigenvalue weighted by Gasteiger charge is 2.50. The first kappa shape index (κ1) is 37.0. The summed E-state index contributed by atoms with van der Waals surface area (Å²) in [4.78, 5) is 21.1. The Morgan fingerprint density at radius 3 is 2.75 bits per heavy atom. The monoisotopic (exact) mass is 749 g/mol. The number of hydrogen-bond acceptors (Lipinski definition) is 8. The molecule has 1 aromatic heterocycles. The first-order chi connectivity index (χ1) is 24.9. The number of aromatic nitrogens is 1. The number of methoxy groups -OCH3 is 2. The lowest BCUT2D eigenvalue weighted by atomic mass is 9.63. The molecule has 2 bridgehead atoms. The SMILES string of the molecule is C=S1(=O)NC(=O)c2ccc3c(c2)N(C[C@@H]2CC[C@H]2[C@@](Cc2nc(COC)c(C)o2)(OC)/C=C/C[C@H](C)[C@H]1C)C[C@@]1(CCCc2cc(Cl)ccc21)CO3. The number of nitrogens with one attached hydrogen (secondary N) is 1. The van der Waals surface area contributed by atoms with Gasteiger partial charge in [0.05, 0.1) is 40.6 Å². The number of ether oxygens (including phenoxy) is 3. The molecule has 1 N–H and O–H groups in total. The van der Waals surface area contributed by atoms with Gasteiger partial charge in [-0.2, -0.15) is 0 Å². The molecule has 3 heterocycles. The second kappa shape index (κ2) is 14.5. The van der Waals surface area contributed by atoms with Gasteiger partial charge in [-0.05, 0) is 117 Å². The van der Waals surface area contributed by atoms with E-state index in [1.807, 2.05) is 32.0 Å². The number of rotatable bonds is 5. The topological polar surface area (TPSA) is 103 Å². The van der Waals surface area contributed by atoms with Gasteiger partial charge in [-0.3, -0.25) is 9.52 Å². The maximum Gasteiger partial charge on any atom is 0.262 e. The van der Waals surface area contributed by atoms with Gasteiger partial charge in [0.25, 0.3) is 5.91 Å². The molecule has 1 saturated carbocycles. The van der Waals surface area contributed by atoms with E-state index in [-0.39, 0.29) is 28.4 Å². The summed E-state index contributed by atoms with van der Waals surface area (Å²) in [6, 6.07) is 11.9. The highest BCUT2D eigenvalue weighted by Crippen LogP contribution is 2.50. The third kappa shape index (κ3) is 6.92. The zero-order valence-corrected chi connectivity index (χ0v) is 32.6. The molecule has 280 valence electrons. The Morgan fingerprint density at radius 1 is 1.17 bits per heavy atom. The quantitative estimate of drug-likeness (QED) is 0.215. The molecule has 2 aliphatic heterocycles. The van der Waals surface area contributed by atoms with E-state index in [0.29, 0.717) is 37.5 Å². The lowest BCUT2D eigenvalue weighted by Crippen LogP contribution is -2.54. The van der Waals surface area contributed by atoms with Gasteiger partial charge in [-0.15, -0.1) is 0 Å². The molecule has 1 fully saturated rings. The van der Waals surface area contributed by atoms with E-state index in [1.54, 1.807) is 20.3 Å². The Kier molecular flexibility index (Phi) is 10.3. The predicted molar refractivity (Wildman–Crippen MR) is 207 cm³/mol. The van der Waals surface area contributed by atoms with Crippen LogP contribution < -0.4 is 14.4 Å². The van der Waals surface area contributed by atoms with Crippen LogP contribution in [0.15, 0.2) is 53.0 Å². The van der Waals surface area contributed by atoms with E-state index in [4.69, 9.17) is 35.2 Å². The van der Waals surface area contributed by atoms with Crippen molar-refractivity contribution in [1.29, 1.82) is 0 Å². The molecular formula is C41H52ClN3O6S. The minimum absolute atomic E-state index is 0.0288. The Balaban J connectivity index is 1.33. The standard InChI is InChI=1S/C41H52ClN3O6S/c1-26-9-7-18-41(49-5,21-38-43-35(23-48-4)27(2)51-38)34-14-11-31(34)22-45-24-40(17-8-10-29-19-32(42)13-15-33(29)40)25-50-37-16-12-30(20-36(37)45)39(46)44-52(6,47)28(26)3/h7,12-13,15-16,18-20,26,28,31,34H,6,8-11,14,17,21-25H2,1-5H3,(H,44,46,47)/b18-7+/t26-,28+,31-,34+,40-,41+,52?/m0/s1. The average Bonchev–Trinajstić information content (AvgIpc) is 3.36. The first-order valence-corrected chi connectivity index (χ1v) is 20.7. The van der Waals surface area contributed by atoms with Crippen LogP contribution in [0.4, 0.5) is 5.69 Å². The molecule has 52 heavy (non-hydrogen) atoms. The summed E-state index contributed by atoms with van der Waals surface area (Å²) in [5, 5.41) is 0.366. The number of allylic oxidation sites excluding steroid dienone is 1. The lowest BCUT2D eigenvalue weighted by molar-refractivity contribution is -0.0777. The van der Waals surface area contributed by atoms with Crippen molar-refractivity contribution in [3.8, 4) is 5.75 Å². The molecule has 2 aliphatic carbocycles. The summed E-state index contributed by atoms with van der Waals surface area (Å²) >= 11 is 6.50. The lowest BCUT2D eigenvalue weighted by Gasteiger charge is -2.50. The molecule has 2 aromatic carbocycles. The highest BCUT2D eigenvalue weighted by atomic mass is 35.5. The molecule has 1 amide bonds. The van der Waals surface area contributed by atoms with E-state index in [2.05, 4.69) is 46.7 Å². The normalized spacial score (nSPS) is 32.5. The number of nitrogens with zero attached hydrogens (tertiary/aromatic N) is 2. The number of oxazole rings is 1. The first-order valence-electron chi connectivity index (χ1n) is 18.5. The van der Waals surface area contributed by atoms with Crippen LogP contribution >= 0.6 is 11.6 Å². The van der Waals surface area contributed by atoms with Crippen LogP contribution in [0.2, 0.25) is 5.02 Å². The van der Waals surface area contributed by atoms with Crippen molar-refractivity contribution in [2.75, 3.05) is 38.8 Å². The van der Waals surface area contributed by atoms with E-state index in [9.17, 15) is 9.00 Å². The van der Waals surface area contributed by atoms with Crippen LogP contribution in [0.3, 0.4) is 0 Å². The molecule has 1 unspecified atom stereocenters.